The summed E-state index contributed by atoms with van der Waals surface area (Å²) in [5.41, 5.74) is 7.63. The summed E-state index contributed by atoms with van der Waals surface area (Å²) in [6, 6.07) is 6.55. The second kappa shape index (κ2) is 4.47. The summed E-state index contributed by atoms with van der Waals surface area (Å²) in [6.07, 6.45) is 2.28. The molecule has 3 rings (SSSR count). The lowest BCUT2D eigenvalue weighted by Crippen LogP contribution is -2.14. The van der Waals surface area contributed by atoms with Gasteiger partial charge < -0.3 is 4.74 Å². The van der Waals surface area contributed by atoms with Gasteiger partial charge in [0.25, 0.3) is 0 Å². The van der Waals surface area contributed by atoms with Crippen LogP contribution in [0.2, 0.25) is 0 Å². The van der Waals surface area contributed by atoms with Gasteiger partial charge in [-0.1, -0.05) is 19.9 Å². The maximum atomic E-state index is 5.38. The standard InChI is InChI=1S/C18H24NO/c1-12-15(8-9-19(12)4)17-16-7-6-14(20-5)10-13(16)11-18(17,2)3/h6-7,10H,8-9,11H2,1-5H3/q+1/b17-15+. The number of nitrogens with zero attached hydrogens (tertiary/aromatic N) is 1. The Hall–Kier alpha value is -1.57. The van der Waals surface area contributed by atoms with E-state index in [-0.39, 0.29) is 5.41 Å². The van der Waals surface area contributed by atoms with Crippen molar-refractivity contribution in [2.24, 2.45) is 5.41 Å². The Morgan fingerprint density at radius 2 is 2.00 bits per heavy atom. The third kappa shape index (κ3) is 1.90. The van der Waals surface area contributed by atoms with Gasteiger partial charge >= 0.3 is 0 Å². The molecule has 0 saturated carbocycles. The highest BCUT2D eigenvalue weighted by molar-refractivity contribution is 6.04. The van der Waals surface area contributed by atoms with E-state index in [1.54, 1.807) is 18.3 Å². The minimum absolute atomic E-state index is 0.219. The van der Waals surface area contributed by atoms with Crippen molar-refractivity contribution >= 4 is 11.3 Å². The quantitative estimate of drug-likeness (QED) is 0.711. The molecule has 2 heteroatoms. The Bertz CT molecular complexity index is 635. The maximum absolute atomic E-state index is 5.38. The highest BCUT2D eigenvalue weighted by atomic mass is 16.5. The van der Waals surface area contributed by atoms with Crippen molar-refractivity contribution < 1.29 is 9.31 Å². The molecule has 1 aromatic rings. The summed E-state index contributed by atoms with van der Waals surface area (Å²) in [5, 5.41) is 0. The molecule has 0 unspecified atom stereocenters. The molecule has 2 nitrogen and oxygen atoms in total. The van der Waals surface area contributed by atoms with Crippen LogP contribution < -0.4 is 4.74 Å². The van der Waals surface area contributed by atoms with E-state index in [0.29, 0.717) is 0 Å². The number of methoxy groups -OCH3 is 1. The molecule has 0 amide bonds. The van der Waals surface area contributed by atoms with Crippen LogP contribution in [0.5, 0.6) is 5.75 Å². The monoisotopic (exact) mass is 270 g/mol. The zero-order valence-corrected chi connectivity index (χ0v) is 13.2. The molecular weight excluding hydrogens is 246 g/mol. The summed E-state index contributed by atoms with van der Waals surface area (Å²) >= 11 is 0. The highest BCUT2D eigenvalue weighted by Crippen LogP contribution is 2.49. The molecule has 0 atom stereocenters. The Morgan fingerprint density at radius 3 is 2.60 bits per heavy atom. The first-order chi connectivity index (χ1) is 9.44. The van der Waals surface area contributed by atoms with Crippen LogP contribution in [0.15, 0.2) is 23.8 Å². The van der Waals surface area contributed by atoms with E-state index in [1.807, 2.05) is 0 Å². The van der Waals surface area contributed by atoms with Gasteiger partial charge in [0.15, 0.2) is 5.71 Å². The molecule has 0 fully saturated rings. The van der Waals surface area contributed by atoms with Gasteiger partial charge in [0.05, 0.1) is 7.11 Å². The lowest BCUT2D eigenvalue weighted by atomic mass is 9.81. The number of rotatable bonds is 1. The summed E-state index contributed by atoms with van der Waals surface area (Å²) in [4.78, 5) is 0. The average molecular weight is 270 g/mol. The van der Waals surface area contributed by atoms with E-state index >= 15 is 0 Å². The predicted octanol–water partition coefficient (Wildman–Crippen LogP) is 3.54. The van der Waals surface area contributed by atoms with E-state index in [1.165, 1.54) is 23.3 Å². The summed E-state index contributed by atoms with van der Waals surface area (Å²) in [5.74, 6) is 0.968. The molecule has 0 N–H and O–H groups in total. The first-order valence-corrected chi connectivity index (χ1v) is 7.40. The minimum Gasteiger partial charge on any atom is -0.497 e. The Balaban J connectivity index is 2.21. The third-order valence-corrected chi connectivity index (χ3v) is 4.90. The van der Waals surface area contributed by atoms with Crippen molar-refractivity contribution in [3.63, 3.8) is 0 Å². The van der Waals surface area contributed by atoms with Gasteiger partial charge in [0.2, 0.25) is 0 Å². The van der Waals surface area contributed by atoms with Gasteiger partial charge in [-0.05, 0) is 40.7 Å². The lowest BCUT2D eigenvalue weighted by Gasteiger charge is -2.21. The minimum atomic E-state index is 0.219. The van der Waals surface area contributed by atoms with Crippen molar-refractivity contribution in [1.82, 2.24) is 0 Å². The SMILES string of the molecule is COc1ccc2c(c1)CC(C)(C)/C2=C1\CC[N+](C)=C1C. The molecule has 0 spiro atoms. The number of fused-ring (bicyclic) bond motifs is 1. The fourth-order valence-corrected chi connectivity index (χ4v) is 3.75. The molecule has 1 aliphatic carbocycles. The Labute approximate surface area is 121 Å². The van der Waals surface area contributed by atoms with Crippen LogP contribution in [-0.4, -0.2) is 31.0 Å². The Morgan fingerprint density at radius 1 is 1.25 bits per heavy atom. The number of hydrogen-bond acceptors (Lipinski definition) is 1. The van der Waals surface area contributed by atoms with Crippen LogP contribution in [0, 0.1) is 5.41 Å². The number of ether oxygens (including phenoxy) is 1. The molecule has 1 heterocycles. The average Bonchev–Trinajstić information content (AvgIpc) is 2.85. The summed E-state index contributed by atoms with van der Waals surface area (Å²) in [6.45, 7) is 8.14. The van der Waals surface area contributed by atoms with Crippen LogP contribution in [0.1, 0.15) is 38.3 Å². The van der Waals surface area contributed by atoms with E-state index < -0.39 is 0 Å². The van der Waals surface area contributed by atoms with E-state index in [0.717, 1.165) is 18.7 Å². The second-order valence-corrected chi connectivity index (χ2v) is 6.69. The molecule has 0 radical (unpaired) electrons. The smallest absolute Gasteiger partial charge is 0.176 e. The third-order valence-electron chi connectivity index (χ3n) is 4.90. The normalized spacial score (nSPS) is 24.2. The topological polar surface area (TPSA) is 12.2 Å². The van der Waals surface area contributed by atoms with Crippen LogP contribution in [0.25, 0.3) is 5.57 Å². The Kier molecular flexibility index (Phi) is 3.00. The zero-order valence-electron chi connectivity index (χ0n) is 13.2. The van der Waals surface area contributed by atoms with E-state index in [2.05, 4.69) is 50.6 Å². The molecule has 2 aliphatic rings. The largest absolute Gasteiger partial charge is 0.497 e. The van der Waals surface area contributed by atoms with Gasteiger partial charge in [-0.3, -0.25) is 0 Å². The number of allylic oxidation sites excluding steroid dienone is 1. The number of benzene rings is 1. The van der Waals surface area contributed by atoms with E-state index in [4.69, 9.17) is 4.74 Å². The second-order valence-electron chi connectivity index (χ2n) is 6.69. The van der Waals surface area contributed by atoms with Crippen molar-refractivity contribution in [2.75, 3.05) is 20.7 Å². The summed E-state index contributed by atoms with van der Waals surface area (Å²) in [7, 11) is 3.94. The fourth-order valence-electron chi connectivity index (χ4n) is 3.75. The maximum Gasteiger partial charge on any atom is 0.176 e. The van der Waals surface area contributed by atoms with Crippen LogP contribution >= 0.6 is 0 Å². The van der Waals surface area contributed by atoms with Crippen LogP contribution in [0.3, 0.4) is 0 Å². The zero-order chi connectivity index (χ0) is 14.5. The lowest BCUT2D eigenvalue weighted by molar-refractivity contribution is -0.489. The van der Waals surface area contributed by atoms with Crippen LogP contribution in [-0.2, 0) is 6.42 Å². The van der Waals surface area contributed by atoms with Crippen molar-refractivity contribution in [1.29, 1.82) is 0 Å². The van der Waals surface area contributed by atoms with E-state index in [9.17, 15) is 0 Å². The van der Waals surface area contributed by atoms with Crippen molar-refractivity contribution in [2.45, 2.75) is 33.6 Å². The van der Waals surface area contributed by atoms with Gasteiger partial charge in [0, 0.05) is 18.9 Å². The molecule has 20 heavy (non-hydrogen) atoms. The van der Waals surface area contributed by atoms with Gasteiger partial charge in [-0.15, -0.1) is 0 Å². The van der Waals surface area contributed by atoms with Crippen molar-refractivity contribution in [3.05, 3.63) is 34.9 Å². The highest BCUT2D eigenvalue weighted by Gasteiger charge is 2.39. The molecule has 106 valence electrons. The molecule has 1 aromatic carbocycles. The molecule has 1 aliphatic heterocycles. The molecule has 0 bridgehead atoms. The first-order valence-electron chi connectivity index (χ1n) is 7.40. The van der Waals surface area contributed by atoms with Crippen LogP contribution in [0.4, 0.5) is 0 Å². The predicted molar refractivity (Wildman–Crippen MR) is 83.7 cm³/mol. The molecule has 0 aromatic heterocycles. The van der Waals surface area contributed by atoms with Crippen molar-refractivity contribution in [3.8, 4) is 5.75 Å². The first kappa shape index (κ1) is 13.4. The van der Waals surface area contributed by atoms with Gasteiger partial charge in [0.1, 0.15) is 19.3 Å². The van der Waals surface area contributed by atoms with Gasteiger partial charge in [-0.2, -0.15) is 0 Å². The molecular formula is C18H24NO+. The fraction of sp³-hybridized carbons (Fsp3) is 0.500. The number of hydrogen-bond donors (Lipinski definition) is 0. The van der Waals surface area contributed by atoms with Gasteiger partial charge in [-0.25, -0.2) is 4.58 Å². The summed E-state index contributed by atoms with van der Waals surface area (Å²) < 4.78 is 7.75. The molecule has 0 saturated heterocycles.